The molecule has 1 aromatic rings. The minimum absolute atomic E-state index is 0.147. The molecule has 0 atom stereocenters. The number of aromatic nitrogens is 2. The van der Waals surface area contributed by atoms with Crippen LogP contribution in [0, 0.1) is 0 Å². The van der Waals surface area contributed by atoms with Gasteiger partial charge in [-0.2, -0.15) is 5.10 Å². The SMILES string of the molecule is CC(C)n1ncc(C2(N)CCCC2)c1Br. The molecule has 2 N–H and O–H groups in total. The largest absolute Gasteiger partial charge is 0.321 e. The van der Waals surface area contributed by atoms with Crippen molar-refractivity contribution in [2.24, 2.45) is 5.73 Å². The van der Waals surface area contributed by atoms with Gasteiger partial charge < -0.3 is 5.73 Å². The Kier molecular flexibility index (Phi) is 2.90. The molecule has 1 aliphatic rings. The van der Waals surface area contributed by atoms with Crippen molar-refractivity contribution < 1.29 is 0 Å². The highest BCUT2D eigenvalue weighted by Crippen LogP contribution is 2.39. The normalized spacial score (nSPS) is 20.1. The third kappa shape index (κ3) is 1.85. The maximum Gasteiger partial charge on any atom is 0.109 e. The zero-order chi connectivity index (χ0) is 11.1. The number of nitrogens with two attached hydrogens (primary N) is 1. The highest BCUT2D eigenvalue weighted by Gasteiger charge is 2.34. The van der Waals surface area contributed by atoms with Crippen LogP contribution in [0.4, 0.5) is 0 Å². The highest BCUT2D eigenvalue weighted by molar-refractivity contribution is 9.10. The van der Waals surface area contributed by atoms with Crippen molar-refractivity contribution in [3.63, 3.8) is 0 Å². The van der Waals surface area contributed by atoms with Crippen LogP contribution in [0.15, 0.2) is 10.8 Å². The lowest BCUT2D eigenvalue weighted by Gasteiger charge is -2.23. The summed E-state index contributed by atoms with van der Waals surface area (Å²) in [5, 5.41) is 4.39. The molecule has 1 heterocycles. The first-order valence-corrected chi connectivity index (χ1v) is 6.36. The minimum Gasteiger partial charge on any atom is -0.321 e. The third-order valence-corrected chi connectivity index (χ3v) is 4.05. The maximum absolute atomic E-state index is 6.41. The van der Waals surface area contributed by atoms with Crippen molar-refractivity contribution in [1.82, 2.24) is 9.78 Å². The molecular formula is C11H18BrN3. The standard InChI is InChI=1S/C11H18BrN3/c1-8(2)15-10(12)9(7-14-15)11(13)5-3-4-6-11/h7-8H,3-6,13H2,1-2H3. The van der Waals surface area contributed by atoms with Crippen LogP contribution in [0.2, 0.25) is 0 Å². The lowest BCUT2D eigenvalue weighted by molar-refractivity contribution is 0.454. The van der Waals surface area contributed by atoms with Gasteiger partial charge in [0.15, 0.2) is 0 Å². The number of hydrogen-bond acceptors (Lipinski definition) is 2. The monoisotopic (exact) mass is 271 g/mol. The Bertz CT molecular complexity index is 351. The summed E-state index contributed by atoms with van der Waals surface area (Å²) >= 11 is 3.62. The molecule has 0 spiro atoms. The Hall–Kier alpha value is -0.350. The van der Waals surface area contributed by atoms with Gasteiger partial charge in [-0.3, -0.25) is 4.68 Å². The molecule has 0 saturated heterocycles. The van der Waals surface area contributed by atoms with Crippen molar-refractivity contribution in [2.45, 2.75) is 51.1 Å². The fourth-order valence-electron chi connectivity index (χ4n) is 2.32. The van der Waals surface area contributed by atoms with Crippen LogP contribution in [-0.4, -0.2) is 9.78 Å². The summed E-state index contributed by atoms with van der Waals surface area (Å²) < 4.78 is 3.05. The number of hydrogen-bond donors (Lipinski definition) is 1. The maximum atomic E-state index is 6.41. The van der Waals surface area contributed by atoms with Crippen LogP contribution in [0.3, 0.4) is 0 Å². The molecule has 4 heteroatoms. The molecule has 1 aliphatic carbocycles. The Morgan fingerprint density at radius 1 is 1.47 bits per heavy atom. The molecule has 0 amide bonds. The summed E-state index contributed by atoms with van der Waals surface area (Å²) in [7, 11) is 0. The first-order valence-electron chi connectivity index (χ1n) is 5.57. The van der Waals surface area contributed by atoms with Crippen LogP contribution in [0.25, 0.3) is 0 Å². The Labute approximate surface area is 99.2 Å². The van der Waals surface area contributed by atoms with E-state index >= 15 is 0 Å². The number of halogens is 1. The summed E-state index contributed by atoms with van der Waals surface area (Å²) in [6.45, 7) is 4.25. The third-order valence-electron chi connectivity index (χ3n) is 3.26. The number of nitrogens with zero attached hydrogens (tertiary/aromatic N) is 2. The highest BCUT2D eigenvalue weighted by atomic mass is 79.9. The van der Waals surface area contributed by atoms with E-state index in [1.807, 2.05) is 10.9 Å². The van der Waals surface area contributed by atoms with Gasteiger partial charge in [0, 0.05) is 17.1 Å². The fourth-order valence-corrected chi connectivity index (χ4v) is 3.31. The van der Waals surface area contributed by atoms with Gasteiger partial charge in [0.25, 0.3) is 0 Å². The van der Waals surface area contributed by atoms with E-state index in [1.165, 1.54) is 18.4 Å². The second kappa shape index (κ2) is 3.91. The lowest BCUT2D eigenvalue weighted by atomic mass is 9.92. The van der Waals surface area contributed by atoms with Gasteiger partial charge in [0.1, 0.15) is 4.60 Å². The molecule has 0 radical (unpaired) electrons. The predicted octanol–water partition coefficient (Wildman–Crippen LogP) is 2.95. The Morgan fingerprint density at radius 2 is 2.07 bits per heavy atom. The molecule has 1 fully saturated rings. The zero-order valence-electron chi connectivity index (χ0n) is 9.33. The van der Waals surface area contributed by atoms with E-state index in [4.69, 9.17) is 5.73 Å². The predicted molar refractivity (Wildman–Crippen MR) is 64.6 cm³/mol. The summed E-state index contributed by atoms with van der Waals surface area (Å²) in [6, 6.07) is 0.373. The van der Waals surface area contributed by atoms with E-state index in [0.29, 0.717) is 6.04 Å². The van der Waals surface area contributed by atoms with Crippen molar-refractivity contribution in [3.8, 4) is 0 Å². The number of rotatable bonds is 2. The quantitative estimate of drug-likeness (QED) is 0.899. The molecule has 84 valence electrons. The van der Waals surface area contributed by atoms with Crippen LogP contribution >= 0.6 is 15.9 Å². The molecule has 3 nitrogen and oxygen atoms in total. The van der Waals surface area contributed by atoms with Gasteiger partial charge in [-0.25, -0.2) is 0 Å². The lowest BCUT2D eigenvalue weighted by Crippen LogP contribution is -2.33. The van der Waals surface area contributed by atoms with Crippen molar-refractivity contribution in [2.75, 3.05) is 0 Å². The van der Waals surface area contributed by atoms with E-state index in [2.05, 4.69) is 34.9 Å². The molecule has 0 aliphatic heterocycles. The van der Waals surface area contributed by atoms with E-state index < -0.39 is 0 Å². The Balaban J connectivity index is 2.37. The molecule has 0 bridgehead atoms. The van der Waals surface area contributed by atoms with Gasteiger partial charge >= 0.3 is 0 Å². The summed E-state index contributed by atoms with van der Waals surface area (Å²) in [5.41, 5.74) is 7.44. The molecule has 15 heavy (non-hydrogen) atoms. The zero-order valence-corrected chi connectivity index (χ0v) is 10.9. The van der Waals surface area contributed by atoms with Gasteiger partial charge in [-0.15, -0.1) is 0 Å². The van der Waals surface area contributed by atoms with Crippen molar-refractivity contribution in [3.05, 3.63) is 16.4 Å². The van der Waals surface area contributed by atoms with Crippen molar-refractivity contribution in [1.29, 1.82) is 0 Å². The van der Waals surface area contributed by atoms with Crippen LogP contribution < -0.4 is 5.73 Å². The fraction of sp³-hybridized carbons (Fsp3) is 0.727. The topological polar surface area (TPSA) is 43.8 Å². The second-order valence-electron chi connectivity index (χ2n) is 4.75. The van der Waals surface area contributed by atoms with Gasteiger partial charge in [-0.05, 0) is 42.6 Å². The van der Waals surface area contributed by atoms with Crippen molar-refractivity contribution >= 4 is 15.9 Å². The summed E-state index contributed by atoms with van der Waals surface area (Å²) in [6.07, 6.45) is 6.55. The average molecular weight is 272 g/mol. The van der Waals surface area contributed by atoms with Gasteiger partial charge in [-0.1, -0.05) is 12.8 Å². The minimum atomic E-state index is -0.147. The molecular weight excluding hydrogens is 254 g/mol. The van der Waals surface area contributed by atoms with E-state index in [-0.39, 0.29) is 5.54 Å². The first-order chi connectivity index (χ1) is 7.04. The van der Waals surface area contributed by atoms with Crippen LogP contribution in [0.5, 0.6) is 0 Å². The molecule has 2 rings (SSSR count). The summed E-state index contributed by atoms with van der Waals surface area (Å²) in [4.78, 5) is 0. The average Bonchev–Trinajstić information content (AvgIpc) is 2.72. The van der Waals surface area contributed by atoms with Crippen LogP contribution in [-0.2, 0) is 5.54 Å². The first kappa shape index (κ1) is 11.1. The van der Waals surface area contributed by atoms with E-state index in [0.717, 1.165) is 17.4 Å². The van der Waals surface area contributed by atoms with Gasteiger partial charge in [0.05, 0.1) is 6.20 Å². The van der Waals surface area contributed by atoms with E-state index in [1.54, 1.807) is 0 Å². The van der Waals surface area contributed by atoms with Gasteiger partial charge in [0.2, 0.25) is 0 Å². The second-order valence-corrected chi connectivity index (χ2v) is 5.50. The smallest absolute Gasteiger partial charge is 0.109 e. The van der Waals surface area contributed by atoms with E-state index in [9.17, 15) is 0 Å². The molecule has 0 unspecified atom stereocenters. The molecule has 0 aromatic carbocycles. The molecule has 1 saturated carbocycles. The van der Waals surface area contributed by atoms with Crippen LogP contribution in [0.1, 0.15) is 51.1 Å². The Morgan fingerprint density at radius 3 is 2.53 bits per heavy atom. The molecule has 1 aromatic heterocycles. The summed E-state index contributed by atoms with van der Waals surface area (Å²) in [5.74, 6) is 0.